The van der Waals surface area contributed by atoms with Crippen LogP contribution in [0.5, 0.6) is 0 Å². The molecule has 86 valence electrons. The Morgan fingerprint density at radius 2 is 2.06 bits per heavy atom. The lowest BCUT2D eigenvalue weighted by Crippen LogP contribution is -1.89. The van der Waals surface area contributed by atoms with E-state index in [9.17, 15) is 8.78 Å². The molecule has 0 atom stereocenters. The lowest BCUT2D eigenvalue weighted by atomic mass is 10.1. The standard InChI is InChI=1S/C11H7F2N3O/c12-6-3-7(13)10(8-4-9(14)16-15-8)11-5(6)1-2-17-11/h1-4H,(H3,14,15,16). The molecule has 1 aromatic carbocycles. The van der Waals surface area contributed by atoms with Gasteiger partial charge < -0.3 is 10.2 Å². The summed E-state index contributed by atoms with van der Waals surface area (Å²) in [6.07, 6.45) is 1.30. The molecule has 6 heteroatoms. The largest absolute Gasteiger partial charge is 0.463 e. The Labute approximate surface area is 94.0 Å². The second kappa shape index (κ2) is 3.31. The van der Waals surface area contributed by atoms with Crippen molar-refractivity contribution in [3.63, 3.8) is 0 Å². The van der Waals surface area contributed by atoms with E-state index in [1.807, 2.05) is 0 Å². The molecule has 4 nitrogen and oxygen atoms in total. The number of fused-ring (bicyclic) bond motifs is 1. The van der Waals surface area contributed by atoms with Crippen LogP contribution in [-0.2, 0) is 0 Å². The van der Waals surface area contributed by atoms with Crippen molar-refractivity contribution in [3.8, 4) is 11.3 Å². The number of hydrogen-bond acceptors (Lipinski definition) is 3. The summed E-state index contributed by atoms with van der Waals surface area (Å²) in [6, 6.07) is 3.70. The highest BCUT2D eigenvalue weighted by Gasteiger charge is 2.18. The molecule has 3 aromatic rings. The van der Waals surface area contributed by atoms with E-state index in [0.29, 0.717) is 5.69 Å². The minimum absolute atomic E-state index is 0.121. The van der Waals surface area contributed by atoms with Crippen LogP contribution in [0.4, 0.5) is 14.6 Å². The van der Waals surface area contributed by atoms with E-state index in [2.05, 4.69) is 10.2 Å². The lowest BCUT2D eigenvalue weighted by molar-refractivity contribution is 0.580. The van der Waals surface area contributed by atoms with E-state index < -0.39 is 11.6 Å². The van der Waals surface area contributed by atoms with Gasteiger partial charge >= 0.3 is 0 Å². The monoisotopic (exact) mass is 235 g/mol. The first-order valence-corrected chi connectivity index (χ1v) is 4.83. The summed E-state index contributed by atoms with van der Waals surface area (Å²) < 4.78 is 32.3. The number of furan rings is 1. The van der Waals surface area contributed by atoms with Gasteiger partial charge in [0.15, 0.2) is 0 Å². The number of aromatic amines is 1. The Balaban J connectivity index is 2.39. The summed E-state index contributed by atoms with van der Waals surface area (Å²) in [5.41, 5.74) is 6.04. The zero-order valence-electron chi connectivity index (χ0n) is 8.50. The highest BCUT2D eigenvalue weighted by atomic mass is 19.1. The van der Waals surface area contributed by atoms with E-state index in [-0.39, 0.29) is 22.4 Å². The quantitative estimate of drug-likeness (QED) is 0.681. The third-order valence-corrected chi connectivity index (χ3v) is 2.51. The summed E-state index contributed by atoms with van der Waals surface area (Å²) in [4.78, 5) is 0. The fourth-order valence-corrected chi connectivity index (χ4v) is 1.78. The molecule has 0 aliphatic heterocycles. The molecule has 0 bridgehead atoms. The average molecular weight is 235 g/mol. The molecule has 0 saturated heterocycles. The van der Waals surface area contributed by atoms with Gasteiger partial charge in [-0.15, -0.1) is 0 Å². The van der Waals surface area contributed by atoms with Gasteiger partial charge in [-0.3, -0.25) is 5.10 Å². The van der Waals surface area contributed by atoms with Crippen LogP contribution in [-0.4, -0.2) is 10.2 Å². The highest BCUT2D eigenvalue weighted by molar-refractivity contribution is 5.92. The van der Waals surface area contributed by atoms with Crippen molar-refractivity contribution in [1.29, 1.82) is 0 Å². The van der Waals surface area contributed by atoms with Crippen LogP contribution in [0.2, 0.25) is 0 Å². The van der Waals surface area contributed by atoms with Gasteiger partial charge in [0, 0.05) is 12.1 Å². The fraction of sp³-hybridized carbons (Fsp3) is 0. The van der Waals surface area contributed by atoms with Crippen molar-refractivity contribution in [2.75, 3.05) is 5.73 Å². The number of benzene rings is 1. The van der Waals surface area contributed by atoms with Crippen LogP contribution in [0.25, 0.3) is 22.2 Å². The number of rotatable bonds is 1. The highest BCUT2D eigenvalue weighted by Crippen LogP contribution is 2.33. The Bertz CT molecular complexity index is 702. The third kappa shape index (κ3) is 1.37. The number of nitrogens with two attached hydrogens (primary N) is 1. The molecule has 2 heterocycles. The molecule has 3 N–H and O–H groups in total. The summed E-state index contributed by atoms with van der Waals surface area (Å²) in [6.45, 7) is 0. The SMILES string of the molecule is Nc1cc(-c2c(F)cc(F)c3ccoc23)[nH]n1. The maximum atomic E-state index is 13.8. The predicted octanol–water partition coefficient (Wildman–Crippen LogP) is 2.68. The number of hydrogen-bond donors (Lipinski definition) is 2. The van der Waals surface area contributed by atoms with Crippen molar-refractivity contribution in [2.24, 2.45) is 0 Å². The van der Waals surface area contributed by atoms with Crippen LogP contribution in [0.1, 0.15) is 0 Å². The molecular formula is C11H7F2N3O. The molecule has 0 saturated carbocycles. The van der Waals surface area contributed by atoms with Gasteiger partial charge in [0.1, 0.15) is 23.0 Å². The molecule has 0 fully saturated rings. The maximum absolute atomic E-state index is 13.8. The minimum Gasteiger partial charge on any atom is -0.463 e. The van der Waals surface area contributed by atoms with E-state index in [0.717, 1.165) is 6.07 Å². The van der Waals surface area contributed by atoms with Crippen molar-refractivity contribution in [1.82, 2.24) is 10.2 Å². The second-order valence-electron chi connectivity index (χ2n) is 3.59. The number of nitrogen functional groups attached to an aromatic ring is 1. The van der Waals surface area contributed by atoms with Crippen LogP contribution >= 0.6 is 0 Å². The normalized spacial score (nSPS) is 11.2. The molecular weight excluding hydrogens is 228 g/mol. The molecule has 0 unspecified atom stereocenters. The molecule has 0 radical (unpaired) electrons. The number of anilines is 1. The fourth-order valence-electron chi connectivity index (χ4n) is 1.78. The smallest absolute Gasteiger partial charge is 0.149 e. The minimum atomic E-state index is -0.728. The van der Waals surface area contributed by atoms with E-state index in [1.54, 1.807) is 0 Å². The number of halogens is 2. The Kier molecular flexibility index (Phi) is 1.91. The molecule has 3 rings (SSSR count). The predicted molar refractivity (Wildman–Crippen MR) is 58.1 cm³/mol. The summed E-state index contributed by atoms with van der Waals surface area (Å²) in [5, 5.41) is 6.48. The van der Waals surface area contributed by atoms with Crippen LogP contribution in [0, 0.1) is 11.6 Å². The number of H-pyrrole nitrogens is 1. The van der Waals surface area contributed by atoms with Gasteiger partial charge in [-0.25, -0.2) is 8.78 Å². The number of nitrogens with one attached hydrogen (secondary N) is 1. The van der Waals surface area contributed by atoms with Crippen molar-refractivity contribution >= 4 is 16.8 Å². The first kappa shape index (κ1) is 9.83. The van der Waals surface area contributed by atoms with Crippen LogP contribution in [0.15, 0.2) is 28.9 Å². The molecule has 0 amide bonds. The zero-order chi connectivity index (χ0) is 12.0. The first-order valence-electron chi connectivity index (χ1n) is 4.83. The Morgan fingerprint density at radius 3 is 2.76 bits per heavy atom. The summed E-state index contributed by atoms with van der Waals surface area (Å²) in [7, 11) is 0. The molecule has 0 spiro atoms. The van der Waals surface area contributed by atoms with Gasteiger partial charge in [-0.1, -0.05) is 0 Å². The van der Waals surface area contributed by atoms with Crippen molar-refractivity contribution in [3.05, 3.63) is 36.1 Å². The van der Waals surface area contributed by atoms with E-state index in [1.165, 1.54) is 18.4 Å². The topological polar surface area (TPSA) is 67.8 Å². The van der Waals surface area contributed by atoms with Crippen LogP contribution < -0.4 is 5.73 Å². The van der Waals surface area contributed by atoms with E-state index >= 15 is 0 Å². The second-order valence-corrected chi connectivity index (χ2v) is 3.59. The zero-order valence-corrected chi connectivity index (χ0v) is 8.50. The lowest BCUT2D eigenvalue weighted by Gasteiger charge is -2.02. The van der Waals surface area contributed by atoms with Gasteiger partial charge in [0.25, 0.3) is 0 Å². The first-order chi connectivity index (χ1) is 8.16. The number of aromatic nitrogens is 2. The van der Waals surface area contributed by atoms with E-state index in [4.69, 9.17) is 10.2 Å². The molecule has 17 heavy (non-hydrogen) atoms. The average Bonchev–Trinajstić information content (AvgIpc) is 2.87. The summed E-state index contributed by atoms with van der Waals surface area (Å²) >= 11 is 0. The van der Waals surface area contributed by atoms with Crippen molar-refractivity contribution < 1.29 is 13.2 Å². The molecule has 0 aliphatic carbocycles. The maximum Gasteiger partial charge on any atom is 0.149 e. The summed E-state index contributed by atoms with van der Waals surface area (Å²) in [5.74, 6) is -1.17. The number of nitrogens with zero attached hydrogens (tertiary/aromatic N) is 1. The van der Waals surface area contributed by atoms with Gasteiger partial charge in [0.2, 0.25) is 0 Å². The Morgan fingerprint density at radius 1 is 1.24 bits per heavy atom. The van der Waals surface area contributed by atoms with Crippen molar-refractivity contribution in [2.45, 2.75) is 0 Å². The van der Waals surface area contributed by atoms with Gasteiger partial charge in [0.05, 0.1) is 22.9 Å². The van der Waals surface area contributed by atoms with Gasteiger partial charge in [-0.05, 0) is 6.07 Å². The Hall–Kier alpha value is -2.37. The molecule has 0 aliphatic rings. The molecule has 2 aromatic heterocycles. The van der Waals surface area contributed by atoms with Crippen LogP contribution in [0.3, 0.4) is 0 Å². The third-order valence-electron chi connectivity index (χ3n) is 2.51. The van der Waals surface area contributed by atoms with Gasteiger partial charge in [-0.2, -0.15) is 5.10 Å².